The molecule has 28 heavy (non-hydrogen) atoms. The summed E-state index contributed by atoms with van der Waals surface area (Å²) in [5, 5.41) is 6.66. The first-order valence-electron chi connectivity index (χ1n) is 8.01. The summed E-state index contributed by atoms with van der Waals surface area (Å²) < 4.78 is 30.0. The Balaban J connectivity index is 2.17. The summed E-state index contributed by atoms with van der Waals surface area (Å²) in [6.07, 6.45) is 0. The first-order chi connectivity index (χ1) is 13.4. The maximum atomic E-state index is 12.6. The van der Waals surface area contributed by atoms with Crippen molar-refractivity contribution in [3.05, 3.63) is 97.9 Å². The zero-order chi connectivity index (χ0) is 20.1. The van der Waals surface area contributed by atoms with Gasteiger partial charge in [0.1, 0.15) is 0 Å². The Morgan fingerprint density at radius 1 is 0.750 bits per heavy atom. The topological polar surface area (TPSA) is 140 Å². The van der Waals surface area contributed by atoms with E-state index < -0.39 is 34.7 Å². The number of hydrogen-bond acceptors (Lipinski definition) is 7. The minimum atomic E-state index is -5.62. The fourth-order valence-corrected chi connectivity index (χ4v) is 3.66. The third-order valence-electron chi connectivity index (χ3n) is 3.63. The Bertz CT molecular complexity index is 1250. The molecular formula is C18H15AsN4O5. The molecule has 4 N–H and O–H groups in total. The van der Waals surface area contributed by atoms with Crippen LogP contribution in [0.2, 0.25) is 0 Å². The SMILES string of the molecule is O=c1c([As](=O)(O)O)c/c(=N/Nc2ccccc2)c(=O)/c1=N/Nc1ccccc1. The molecule has 3 aromatic carbocycles. The number of para-hydroxylation sites is 2. The summed E-state index contributed by atoms with van der Waals surface area (Å²) in [6.45, 7) is 0. The van der Waals surface area contributed by atoms with Gasteiger partial charge in [-0.1, -0.05) is 0 Å². The van der Waals surface area contributed by atoms with Gasteiger partial charge in [-0.2, -0.15) is 0 Å². The van der Waals surface area contributed by atoms with Crippen LogP contribution in [0, 0.1) is 0 Å². The standard InChI is InChI=1S/C18H15AsN4O5/c24-17-14(19(26,27)28)11-15(22-20-12-7-3-1-4-8-12)18(25)16(17)23-21-13-9-5-2-6-10-13/h1-11,20-21H,(H2,26,27,28)/b22-15-,23-16+. The molecule has 0 atom stereocenters. The van der Waals surface area contributed by atoms with Gasteiger partial charge in [0, 0.05) is 0 Å². The quantitative estimate of drug-likeness (QED) is 0.284. The average molecular weight is 442 g/mol. The minimum absolute atomic E-state index is 0.336. The summed E-state index contributed by atoms with van der Waals surface area (Å²) in [6, 6.07) is 18.0. The van der Waals surface area contributed by atoms with E-state index in [1.54, 1.807) is 60.7 Å². The van der Waals surface area contributed by atoms with Crippen LogP contribution in [0.15, 0.2) is 86.5 Å². The zero-order valence-corrected chi connectivity index (χ0v) is 16.2. The number of benzene rings is 3. The van der Waals surface area contributed by atoms with Gasteiger partial charge in [-0.3, -0.25) is 0 Å². The van der Waals surface area contributed by atoms with Crippen molar-refractivity contribution in [3.63, 3.8) is 0 Å². The summed E-state index contributed by atoms with van der Waals surface area (Å²) in [7, 11) is 0. The molecule has 3 rings (SSSR count). The molecule has 0 aliphatic heterocycles. The fraction of sp³-hybridized carbons (Fsp3) is 0. The number of nitrogens with zero attached hydrogens (tertiary/aromatic N) is 2. The Kier molecular flexibility index (Phi) is 5.70. The van der Waals surface area contributed by atoms with E-state index in [1.807, 2.05) is 0 Å². The van der Waals surface area contributed by atoms with E-state index in [0.29, 0.717) is 11.4 Å². The molecule has 3 aromatic rings. The number of rotatable bonds is 5. The van der Waals surface area contributed by atoms with Crippen molar-refractivity contribution in [2.75, 3.05) is 10.9 Å². The van der Waals surface area contributed by atoms with E-state index in [9.17, 15) is 21.5 Å². The van der Waals surface area contributed by atoms with Crippen molar-refractivity contribution in [1.82, 2.24) is 0 Å². The first-order valence-corrected chi connectivity index (χ1v) is 11.4. The van der Waals surface area contributed by atoms with Crippen LogP contribution in [0.25, 0.3) is 0 Å². The van der Waals surface area contributed by atoms with Gasteiger partial charge in [0.2, 0.25) is 0 Å². The van der Waals surface area contributed by atoms with Crippen molar-refractivity contribution < 1.29 is 11.9 Å². The van der Waals surface area contributed by atoms with Crippen LogP contribution in [0.1, 0.15) is 0 Å². The molecular weight excluding hydrogens is 427 g/mol. The molecule has 0 saturated heterocycles. The van der Waals surface area contributed by atoms with Crippen LogP contribution in [0.5, 0.6) is 0 Å². The molecule has 0 saturated carbocycles. The maximum absolute atomic E-state index is 12.6. The van der Waals surface area contributed by atoms with Crippen LogP contribution in [0.4, 0.5) is 11.4 Å². The number of nitrogens with one attached hydrogen (secondary N) is 2. The molecule has 10 heteroatoms. The fourth-order valence-electron chi connectivity index (χ4n) is 2.28. The van der Waals surface area contributed by atoms with E-state index in [2.05, 4.69) is 21.1 Å². The molecule has 0 radical (unpaired) electrons. The van der Waals surface area contributed by atoms with Gasteiger partial charge in [-0.15, -0.1) is 0 Å². The van der Waals surface area contributed by atoms with Gasteiger partial charge in [-0.25, -0.2) is 0 Å². The molecule has 0 aromatic heterocycles. The first kappa shape index (κ1) is 19.5. The molecule has 0 bridgehead atoms. The monoisotopic (exact) mass is 442 g/mol. The van der Waals surface area contributed by atoms with Gasteiger partial charge in [0.15, 0.2) is 0 Å². The van der Waals surface area contributed by atoms with Crippen molar-refractivity contribution in [3.8, 4) is 0 Å². The van der Waals surface area contributed by atoms with Crippen LogP contribution in [-0.2, 0) is 3.74 Å². The molecule has 0 amide bonds. The predicted octanol–water partition coefficient (Wildman–Crippen LogP) is -1.30. The Labute approximate surface area is 161 Å². The summed E-state index contributed by atoms with van der Waals surface area (Å²) in [5.41, 5.74) is 4.22. The molecule has 142 valence electrons. The zero-order valence-electron chi connectivity index (χ0n) is 14.3. The third kappa shape index (κ3) is 4.52. The van der Waals surface area contributed by atoms with E-state index in [-0.39, 0.29) is 5.36 Å². The predicted molar refractivity (Wildman–Crippen MR) is 103 cm³/mol. The van der Waals surface area contributed by atoms with Gasteiger partial charge >= 0.3 is 161 Å². The average Bonchev–Trinajstić information content (AvgIpc) is 2.68. The molecule has 0 spiro atoms. The van der Waals surface area contributed by atoms with E-state index in [0.717, 1.165) is 6.07 Å². The van der Waals surface area contributed by atoms with Gasteiger partial charge in [0.05, 0.1) is 0 Å². The summed E-state index contributed by atoms with van der Waals surface area (Å²) in [5.74, 6) is 0. The van der Waals surface area contributed by atoms with Crippen LogP contribution in [-0.4, -0.2) is 22.4 Å². The van der Waals surface area contributed by atoms with E-state index in [1.165, 1.54) is 0 Å². The summed E-state index contributed by atoms with van der Waals surface area (Å²) >= 11 is -5.62. The van der Waals surface area contributed by atoms with Crippen molar-refractivity contribution in [2.24, 2.45) is 10.2 Å². The van der Waals surface area contributed by atoms with Crippen LogP contribution in [0.3, 0.4) is 0 Å². The second-order valence-electron chi connectivity index (χ2n) is 5.64. The third-order valence-corrected chi connectivity index (χ3v) is 5.65. The van der Waals surface area contributed by atoms with Crippen molar-refractivity contribution in [2.45, 2.75) is 0 Å². The van der Waals surface area contributed by atoms with Crippen molar-refractivity contribution >= 4 is 29.9 Å². The second-order valence-corrected chi connectivity index (χ2v) is 8.94. The molecule has 0 fully saturated rings. The van der Waals surface area contributed by atoms with E-state index >= 15 is 0 Å². The Morgan fingerprint density at radius 2 is 1.25 bits per heavy atom. The van der Waals surface area contributed by atoms with Gasteiger partial charge in [0.25, 0.3) is 0 Å². The van der Waals surface area contributed by atoms with Crippen molar-refractivity contribution in [1.29, 1.82) is 0 Å². The van der Waals surface area contributed by atoms with Gasteiger partial charge < -0.3 is 0 Å². The number of hydrogen-bond donors (Lipinski definition) is 4. The van der Waals surface area contributed by atoms with Crippen LogP contribution >= 0.6 is 0 Å². The summed E-state index contributed by atoms with van der Waals surface area (Å²) in [4.78, 5) is 25.0. The Morgan fingerprint density at radius 3 is 1.75 bits per heavy atom. The van der Waals surface area contributed by atoms with Gasteiger partial charge in [-0.05, 0) is 0 Å². The molecule has 0 aliphatic rings. The Hall–Kier alpha value is -3.26. The van der Waals surface area contributed by atoms with Crippen LogP contribution < -0.4 is 36.8 Å². The second kappa shape index (κ2) is 8.18. The molecule has 0 heterocycles. The normalized spacial score (nSPS) is 12.8. The molecule has 9 nitrogen and oxygen atoms in total. The molecule has 0 aliphatic carbocycles. The number of anilines is 2. The molecule has 0 unspecified atom stereocenters. The van der Waals surface area contributed by atoms with E-state index in [4.69, 9.17) is 0 Å².